The summed E-state index contributed by atoms with van der Waals surface area (Å²) in [5.74, 6) is 0. The number of hydrogen-bond donors (Lipinski definition) is 2. The zero-order valence-corrected chi connectivity index (χ0v) is 13.5. The molecule has 5 nitrogen and oxygen atoms in total. The molecule has 1 fully saturated rings. The highest BCUT2D eigenvalue weighted by Gasteiger charge is 2.36. The fourth-order valence-electron chi connectivity index (χ4n) is 2.28. The molecule has 1 aromatic rings. The molecular weight excluding hydrogens is 354 g/mol. The maximum Gasteiger partial charge on any atom is 0.242 e. The van der Waals surface area contributed by atoms with Crippen molar-refractivity contribution in [2.24, 2.45) is 5.73 Å². The number of nitrogens with one attached hydrogen (secondary N) is 1. The van der Waals surface area contributed by atoms with Crippen LogP contribution in [-0.4, -0.2) is 25.5 Å². The molecule has 0 aliphatic heterocycles. The Kier molecular flexibility index (Phi) is 5.76. The summed E-state index contributed by atoms with van der Waals surface area (Å²) in [6.45, 7) is 0.327. The second-order valence-electron chi connectivity index (χ2n) is 4.64. The average Bonchev–Trinajstić information content (AvgIpc) is 2.77. The zero-order valence-electron chi connectivity index (χ0n) is 10.3. The lowest BCUT2D eigenvalue weighted by Crippen LogP contribution is -2.51. The Hall–Kier alpha value is -0.210. The molecule has 0 unspecified atom stereocenters. The second-order valence-corrected chi connectivity index (χ2v) is 7.23. The minimum absolute atomic E-state index is 0. The Morgan fingerprint density at radius 3 is 2.53 bits per heavy atom. The van der Waals surface area contributed by atoms with Crippen LogP contribution in [0.3, 0.4) is 0 Å². The SMILES string of the molecule is Cl.NCC1(NS(=O)(=O)c2cncc(Br)c2)CCCC1. The highest BCUT2D eigenvalue weighted by molar-refractivity contribution is 9.10. The molecule has 1 saturated carbocycles. The lowest BCUT2D eigenvalue weighted by atomic mass is 10.0. The third-order valence-electron chi connectivity index (χ3n) is 3.29. The van der Waals surface area contributed by atoms with Crippen molar-refractivity contribution in [2.75, 3.05) is 6.54 Å². The van der Waals surface area contributed by atoms with Crippen LogP contribution in [0, 0.1) is 0 Å². The van der Waals surface area contributed by atoms with E-state index in [1.165, 1.54) is 12.3 Å². The summed E-state index contributed by atoms with van der Waals surface area (Å²) < 4.78 is 27.9. The minimum Gasteiger partial charge on any atom is -0.329 e. The normalized spacial score (nSPS) is 18.0. The molecule has 0 atom stereocenters. The van der Waals surface area contributed by atoms with E-state index in [0.717, 1.165) is 25.7 Å². The van der Waals surface area contributed by atoms with Gasteiger partial charge in [0, 0.05) is 29.0 Å². The Balaban J connectivity index is 0.00000180. The summed E-state index contributed by atoms with van der Waals surface area (Å²) in [5, 5.41) is 0. The van der Waals surface area contributed by atoms with Gasteiger partial charge in [0.1, 0.15) is 4.90 Å². The van der Waals surface area contributed by atoms with Gasteiger partial charge in [-0.05, 0) is 34.8 Å². The molecule has 0 aromatic carbocycles. The Morgan fingerprint density at radius 2 is 2.00 bits per heavy atom. The monoisotopic (exact) mass is 369 g/mol. The first-order valence-corrected chi connectivity index (χ1v) is 8.10. The van der Waals surface area contributed by atoms with E-state index in [0.29, 0.717) is 11.0 Å². The van der Waals surface area contributed by atoms with Crippen molar-refractivity contribution in [3.8, 4) is 0 Å². The maximum atomic E-state index is 12.3. The molecule has 19 heavy (non-hydrogen) atoms. The van der Waals surface area contributed by atoms with Crippen LogP contribution in [0.1, 0.15) is 25.7 Å². The molecule has 1 aliphatic carbocycles. The number of rotatable bonds is 4. The molecule has 8 heteroatoms. The van der Waals surface area contributed by atoms with Crippen molar-refractivity contribution < 1.29 is 8.42 Å². The van der Waals surface area contributed by atoms with Crippen LogP contribution in [0.4, 0.5) is 0 Å². The van der Waals surface area contributed by atoms with Gasteiger partial charge in [0.25, 0.3) is 0 Å². The highest BCUT2D eigenvalue weighted by atomic mass is 79.9. The molecule has 108 valence electrons. The van der Waals surface area contributed by atoms with Gasteiger partial charge in [0.15, 0.2) is 0 Å². The smallest absolute Gasteiger partial charge is 0.242 e. The molecule has 0 radical (unpaired) electrons. The maximum absolute atomic E-state index is 12.3. The second kappa shape index (κ2) is 6.49. The van der Waals surface area contributed by atoms with E-state index in [-0.39, 0.29) is 17.3 Å². The molecule has 1 heterocycles. The fraction of sp³-hybridized carbons (Fsp3) is 0.545. The Labute approximate surface area is 128 Å². The van der Waals surface area contributed by atoms with E-state index in [1.807, 2.05) is 0 Å². The fourth-order valence-corrected chi connectivity index (χ4v) is 4.26. The van der Waals surface area contributed by atoms with Crippen LogP contribution in [0.25, 0.3) is 0 Å². The Bertz CT molecular complexity index is 532. The van der Waals surface area contributed by atoms with Crippen molar-refractivity contribution in [3.63, 3.8) is 0 Å². The topological polar surface area (TPSA) is 85.1 Å². The van der Waals surface area contributed by atoms with E-state index in [2.05, 4.69) is 25.6 Å². The van der Waals surface area contributed by atoms with E-state index in [9.17, 15) is 8.42 Å². The number of nitrogens with zero attached hydrogens (tertiary/aromatic N) is 1. The number of sulfonamides is 1. The largest absolute Gasteiger partial charge is 0.329 e. The van der Waals surface area contributed by atoms with Gasteiger partial charge in [-0.2, -0.15) is 0 Å². The van der Waals surface area contributed by atoms with E-state index < -0.39 is 15.6 Å². The van der Waals surface area contributed by atoms with Gasteiger partial charge in [-0.1, -0.05) is 12.8 Å². The zero-order chi connectivity index (χ0) is 13.2. The van der Waals surface area contributed by atoms with Crippen LogP contribution < -0.4 is 10.5 Å². The van der Waals surface area contributed by atoms with Gasteiger partial charge >= 0.3 is 0 Å². The van der Waals surface area contributed by atoms with Crippen LogP contribution in [0.5, 0.6) is 0 Å². The lowest BCUT2D eigenvalue weighted by molar-refractivity contribution is 0.399. The first-order chi connectivity index (χ1) is 8.47. The molecule has 0 amide bonds. The summed E-state index contributed by atoms with van der Waals surface area (Å²) in [7, 11) is -3.56. The molecule has 2 rings (SSSR count). The molecule has 0 bridgehead atoms. The van der Waals surface area contributed by atoms with Gasteiger partial charge < -0.3 is 5.73 Å². The van der Waals surface area contributed by atoms with Gasteiger partial charge in [-0.15, -0.1) is 12.4 Å². The first kappa shape index (κ1) is 16.8. The molecule has 0 saturated heterocycles. The quantitative estimate of drug-likeness (QED) is 0.846. The van der Waals surface area contributed by atoms with Crippen LogP contribution in [-0.2, 0) is 10.0 Å². The van der Waals surface area contributed by atoms with Crippen molar-refractivity contribution in [2.45, 2.75) is 36.1 Å². The predicted molar refractivity (Wildman–Crippen MR) is 79.8 cm³/mol. The van der Waals surface area contributed by atoms with Crippen LogP contribution >= 0.6 is 28.3 Å². The highest BCUT2D eigenvalue weighted by Crippen LogP contribution is 2.30. The van der Waals surface area contributed by atoms with Crippen molar-refractivity contribution in [1.29, 1.82) is 0 Å². The van der Waals surface area contributed by atoms with E-state index >= 15 is 0 Å². The predicted octanol–water partition coefficient (Wildman–Crippen LogP) is 1.82. The summed E-state index contributed by atoms with van der Waals surface area (Å²) >= 11 is 3.22. The molecule has 3 N–H and O–H groups in total. The number of nitrogens with two attached hydrogens (primary N) is 1. The number of pyridine rings is 1. The van der Waals surface area contributed by atoms with Crippen LogP contribution in [0.15, 0.2) is 27.8 Å². The lowest BCUT2D eigenvalue weighted by Gasteiger charge is -2.28. The average molecular weight is 371 g/mol. The first-order valence-electron chi connectivity index (χ1n) is 5.82. The molecule has 1 aliphatic rings. The summed E-state index contributed by atoms with van der Waals surface area (Å²) in [6.07, 6.45) is 6.50. The standard InChI is InChI=1S/C11H16BrN3O2S.ClH/c12-9-5-10(7-14-6-9)18(16,17)15-11(8-13)3-1-2-4-11;/h5-7,15H,1-4,8,13H2;1H. The summed E-state index contributed by atoms with van der Waals surface area (Å²) in [6, 6.07) is 1.54. The van der Waals surface area contributed by atoms with Gasteiger partial charge in [0.05, 0.1) is 0 Å². The van der Waals surface area contributed by atoms with E-state index in [4.69, 9.17) is 5.73 Å². The minimum atomic E-state index is -3.56. The molecule has 1 aromatic heterocycles. The van der Waals surface area contributed by atoms with E-state index in [1.54, 1.807) is 6.20 Å². The number of hydrogen-bond acceptors (Lipinski definition) is 4. The number of aromatic nitrogens is 1. The van der Waals surface area contributed by atoms with Crippen LogP contribution in [0.2, 0.25) is 0 Å². The van der Waals surface area contributed by atoms with Gasteiger partial charge in [-0.25, -0.2) is 13.1 Å². The van der Waals surface area contributed by atoms with Gasteiger partial charge in [0.2, 0.25) is 10.0 Å². The third-order valence-corrected chi connectivity index (χ3v) is 5.27. The number of halogens is 2. The van der Waals surface area contributed by atoms with Crippen molar-refractivity contribution in [3.05, 3.63) is 22.9 Å². The molecular formula is C11H17BrClN3O2S. The van der Waals surface area contributed by atoms with Gasteiger partial charge in [-0.3, -0.25) is 4.98 Å². The summed E-state index contributed by atoms with van der Waals surface area (Å²) in [4.78, 5) is 4.04. The summed E-state index contributed by atoms with van der Waals surface area (Å²) in [5.41, 5.74) is 5.25. The van der Waals surface area contributed by atoms with Crippen molar-refractivity contribution in [1.82, 2.24) is 9.71 Å². The van der Waals surface area contributed by atoms with Crippen molar-refractivity contribution >= 4 is 38.4 Å². The third kappa shape index (κ3) is 3.88. The molecule has 0 spiro atoms. The Morgan fingerprint density at radius 1 is 1.37 bits per heavy atom.